The molecule has 4 aliphatic rings. The Balaban J connectivity index is 1.23. The van der Waals surface area contributed by atoms with Crippen molar-refractivity contribution in [2.45, 2.75) is 64.9 Å². The molecule has 2 fully saturated rings. The molecule has 0 amide bonds. The zero-order valence-electron chi connectivity index (χ0n) is 20.5. The molecule has 6 heteroatoms. The van der Waals surface area contributed by atoms with Gasteiger partial charge in [0.25, 0.3) is 0 Å². The van der Waals surface area contributed by atoms with Gasteiger partial charge in [0.1, 0.15) is 25.0 Å². The summed E-state index contributed by atoms with van der Waals surface area (Å²) in [6.07, 6.45) is 13.6. The maximum absolute atomic E-state index is 12.6. The number of carbonyl (C=O) groups is 2. The van der Waals surface area contributed by atoms with E-state index in [1.165, 1.54) is 5.57 Å². The fourth-order valence-corrected chi connectivity index (χ4v) is 8.05. The number of fused-ring (bicyclic) bond motifs is 5. The van der Waals surface area contributed by atoms with Crippen LogP contribution < -0.4 is 0 Å². The number of hydrogen-bond acceptors (Lipinski definition) is 5. The van der Waals surface area contributed by atoms with Crippen molar-refractivity contribution >= 4 is 18.0 Å². The van der Waals surface area contributed by atoms with E-state index in [0.717, 1.165) is 62.5 Å². The molecule has 1 aromatic carbocycles. The molecule has 0 spiro atoms. The number of ether oxygens (including phenoxy) is 1. The topological polar surface area (TPSA) is 74.1 Å². The average Bonchev–Trinajstić information content (AvgIpc) is 3.49. The third-order valence-electron chi connectivity index (χ3n) is 9.81. The predicted octanol–water partition coefficient (Wildman–Crippen LogP) is 5.49. The summed E-state index contributed by atoms with van der Waals surface area (Å²) in [7, 11) is 0. The minimum Gasteiger partial charge on any atom is -0.458 e. The maximum atomic E-state index is 12.6. The lowest BCUT2D eigenvalue weighted by Crippen LogP contribution is -2.50. The van der Waals surface area contributed by atoms with E-state index in [9.17, 15) is 9.59 Å². The molecule has 182 valence electrons. The molecule has 4 aliphatic carbocycles. The van der Waals surface area contributed by atoms with Crippen LogP contribution in [0, 0.1) is 28.6 Å². The van der Waals surface area contributed by atoms with Crippen LogP contribution in [-0.2, 0) is 9.53 Å². The Kier molecular flexibility index (Phi) is 5.31. The first-order valence-electron chi connectivity index (χ1n) is 12.9. The van der Waals surface area contributed by atoms with Gasteiger partial charge in [-0.25, -0.2) is 14.5 Å². The van der Waals surface area contributed by atoms with Crippen molar-refractivity contribution in [2.75, 3.05) is 0 Å². The summed E-state index contributed by atoms with van der Waals surface area (Å²) in [4.78, 5) is 28.9. The number of aromatic nitrogens is 3. The highest BCUT2D eigenvalue weighted by Crippen LogP contribution is 2.66. The lowest BCUT2D eigenvalue weighted by molar-refractivity contribution is -0.105. The fourth-order valence-electron chi connectivity index (χ4n) is 8.05. The SMILES string of the molecule is C[C@]12CC[C@H](OC(=O)c3ccccc3)CC1=CC[C@@H]1[C@@H]2CC[C@]2(C)C(n3cncn3)=C(C=O)C[C@@H]12. The monoisotopic (exact) mass is 471 g/mol. The molecule has 1 aromatic heterocycles. The van der Waals surface area contributed by atoms with Gasteiger partial charge in [-0.3, -0.25) is 4.79 Å². The maximum Gasteiger partial charge on any atom is 0.338 e. The Morgan fingerprint density at radius 1 is 1.09 bits per heavy atom. The van der Waals surface area contributed by atoms with Gasteiger partial charge in [-0.05, 0) is 73.8 Å². The van der Waals surface area contributed by atoms with Crippen molar-refractivity contribution in [3.05, 3.63) is 65.8 Å². The lowest BCUT2D eigenvalue weighted by Gasteiger charge is -2.57. The molecule has 0 radical (unpaired) electrons. The van der Waals surface area contributed by atoms with Crippen LogP contribution in [0.4, 0.5) is 0 Å². The summed E-state index contributed by atoms with van der Waals surface area (Å²) in [6.45, 7) is 4.78. The second kappa shape index (κ2) is 8.28. The van der Waals surface area contributed by atoms with E-state index in [4.69, 9.17) is 4.74 Å². The zero-order valence-corrected chi connectivity index (χ0v) is 20.5. The number of nitrogens with zero attached hydrogens (tertiary/aromatic N) is 3. The fraction of sp³-hybridized carbons (Fsp3) is 0.517. The Morgan fingerprint density at radius 3 is 2.63 bits per heavy atom. The van der Waals surface area contributed by atoms with E-state index < -0.39 is 0 Å². The molecule has 0 saturated heterocycles. The zero-order chi connectivity index (χ0) is 24.2. The minimum atomic E-state index is -0.221. The third-order valence-corrected chi connectivity index (χ3v) is 9.81. The van der Waals surface area contributed by atoms with E-state index >= 15 is 0 Å². The van der Waals surface area contributed by atoms with E-state index in [1.807, 2.05) is 35.0 Å². The molecular weight excluding hydrogens is 438 g/mol. The van der Waals surface area contributed by atoms with Gasteiger partial charge in [0, 0.05) is 17.4 Å². The van der Waals surface area contributed by atoms with Crippen LogP contribution in [0.5, 0.6) is 0 Å². The van der Waals surface area contributed by atoms with E-state index in [2.05, 4.69) is 30.0 Å². The molecule has 0 unspecified atom stereocenters. The van der Waals surface area contributed by atoms with Crippen LogP contribution in [-0.4, -0.2) is 33.1 Å². The number of carbonyl (C=O) groups excluding carboxylic acids is 2. The number of benzene rings is 1. The van der Waals surface area contributed by atoms with E-state index in [-0.39, 0.29) is 22.9 Å². The first-order chi connectivity index (χ1) is 16.9. The van der Waals surface area contributed by atoms with Crippen LogP contribution >= 0.6 is 0 Å². The number of esters is 1. The van der Waals surface area contributed by atoms with Crippen molar-refractivity contribution in [2.24, 2.45) is 28.6 Å². The quantitative estimate of drug-likeness (QED) is 0.335. The summed E-state index contributed by atoms with van der Waals surface area (Å²) >= 11 is 0. The molecule has 6 atom stereocenters. The van der Waals surface area contributed by atoms with E-state index in [1.54, 1.807) is 12.7 Å². The van der Waals surface area contributed by atoms with Gasteiger partial charge in [0.15, 0.2) is 0 Å². The van der Waals surface area contributed by atoms with Gasteiger partial charge in [0.2, 0.25) is 0 Å². The molecule has 2 saturated carbocycles. The van der Waals surface area contributed by atoms with Gasteiger partial charge in [-0.2, -0.15) is 5.10 Å². The van der Waals surface area contributed by atoms with Crippen molar-refractivity contribution in [3.8, 4) is 0 Å². The summed E-state index contributed by atoms with van der Waals surface area (Å²) in [6, 6.07) is 9.29. The summed E-state index contributed by atoms with van der Waals surface area (Å²) in [5.74, 6) is 1.35. The predicted molar refractivity (Wildman–Crippen MR) is 132 cm³/mol. The standard InChI is InChI=1S/C29H33N3O3/c1-28-12-10-22(35-27(34)19-6-4-3-5-7-19)15-21(28)8-9-23-24(28)11-13-29(2)25(23)14-20(16-33)26(29)32-18-30-17-31-32/h3-8,16-18,22-25H,9-15H2,1-2H3/t22-,23+,24-,25-,28-,29-/m0/s1. The molecule has 6 rings (SSSR count). The minimum absolute atomic E-state index is 0.0545. The molecule has 0 aliphatic heterocycles. The third kappa shape index (κ3) is 3.44. The van der Waals surface area contributed by atoms with Crippen LogP contribution in [0.1, 0.15) is 69.2 Å². The van der Waals surface area contributed by atoms with Gasteiger partial charge in [-0.15, -0.1) is 0 Å². The Morgan fingerprint density at radius 2 is 1.89 bits per heavy atom. The van der Waals surface area contributed by atoms with Gasteiger partial charge < -0.3 is 4.74 Å². The molecular formula is C29H33N3O3. The summed E-state index contributed by atoms with van der Waals surface area (Å²) in [5.41, 5.74) is 4.11. The van der Waals surface area contributed by atoms with Gasteiger partial charge in [0.05, 0.1) is 11.3 Å². The molecule has 2 aromatic rings. The largest absolute Gasteiger partial charge is 0.458 e. The first-order valence-corrected chi connectivity index (χ1v) is 12.9. The van der Waals surface area contributed by atoms with Gasteiger partial charge in [-0.1, -0.05) is 43.7 Å². The van der Waals surface area contributed by atoms with Crippen molar-refractivity contribution in [1.29, 1.82) is 0 Å². The normalized spacial score (nSPS) is 36.0. The van der Waals surface area contributed by atoms with Crippen molar-refractivity contribution < 1.29 is 14.3 Å². The van der Waals surface area contributed by atoms with Crippen LogP contribution in [0.25, 0.3) is 5.70 Å². The van der Waals surface area contributed by atoms with Crippen molar-refractivity contribution in [1.82, 2.24) is 14.8 Å². The Hall–Kier alpha value is -3.02. The molecule has 0 bridgehead atoms. The molecule has 6 nitrogen and oxygen atoms in total. The average molecular weight is 472 g/mol. The smallest absolute Gasteiger partial charge is 0.338 e. The first kappa shape index (κ1) is 22.4. The van der Waals surface area contributed by atoms with E-state index in [0.29, 0.717) is 23.3 Å². The molecule has 35 heavy (non-hydrogen) atoms. The molecule has 0 N–H and O–H groups in total. The Labute approximate surface area is 206 Å². The summed E-state index contributed by atoms with van der Waals surface area (Å²) < 4.78 is 7.77. The van der Waals surface area contributed by atoms with Crippen molar-refractivity contribution in [3.63, 3.8) is 0 Å². The Bertz CT molecular complexity index is 1200. The second-order valence-electron chi connectivity index (χ2n) is 11.4. The van der Waals surface area contributed by atoms with Gasteiger partial charge >= 0.3 is 5.97 Å². The highest BCUT2D eigenvalue weighted by Gasteiger charge is 2.58. The number of aldehydes is 1. The number of allylic oxidation sites excluding steroid dienone is 3. The highest BCUT2D eigenvalue weighted by molar-refractivity contribution is 5.89. The van der Waals surface area contributed by atoms with Crippen LogP contribution in [0.15, 0.2) is 60.2 Å². The highest BCUT2D eigenvalue weighted by atomic mass is 16.5. The lowest BCUT2D eigenvalue weighted by atomic mass is 9.48. The second-order valence-corrected chi connectivity index (χ2v) is 11.4. The number of hydrogen-bond donors (Lipinski definition) is 0. The number of rotatable bonds is 4. The summed E-state index contributed by atoms with van der Waals surface area (Å²) in [5, 5.41) is 4.41. The van der Waals surface area contributed by atoms with Crippen LogP contribution in [0.3, 0.4) is 0 Å². The molecule has 1 heterocycles. The van der Waals surface area contributed by atoms with Crippen LogP contribution in [0.2, 0.25) is 0 Å².